The van der Waals surface area contributed by atoms with E-state index in [0.29, 0.717) is 39.5 Å². The summed E-state index contributed by atoms with van der Waals surface area (Å²) in [6, 6.07) is 9.34. The standard InChI is InChI=1S/C26H22FN5O5/c1-13-19(28-14(2)22(13)24(34)35)12-17-16-8-7-15(11-20(16)30-23(17)33)29-25(36)32-10-9-31(26(32)37)21-6-4-3-5-18(21)27/h3-8,11-12,28H,9-10H2,1-2H3,(H,29,36)(H,30,33)(H,34,35). The van der Waals surface area contributed by atoms with E-state index in [9.17, 15) is 28.7 Å². The largest absolute Gasteiger partial charge is 0.478 e. The third kappa shape index (κ3) is 4.10. The van der Waals surface area contributed by atoms with Gasteiger partial charge in [-0.3, -0.25) is 9.69 Å². The van der Waals surface area contributed by atoms with E-state index in [-0.39, 0.29) is 30.2 Å². The van der Waals surface area contributed by atoms with Gasteiger partial charge < -0.3 is 20.7 Å². The van der Waals surface area contributed by atoms with Crippen LogP contribution in [0.2, 0.25) is 0 Å². The Bertz CT molecular complexity index is 1530. The van der Waals surface area contributed by atoms with Crippen LogP contribution in [0.5, 0.6) is 0 Å². The Morgan fingerprint density at radius 2 is 1.86 bits per heavy atom. The highest BCUT2D eigenvalue weighted by atomic mass is 19.1. The number of fused-ring (bicyclic) bond motifs is 1. The second kappa shape index (κ2) is 8.94. The number of amides is 5. The van der Waals surface area contributed by atoms with Gasteiger partial charge in [0.2, 0.25) is 0 Å². The number of carboxylic acids is 1. The quantitative estimate of drug-likeness (QED) is 0.391. The van der Waals surface area contributed by atoms with Crippen LogP contribution in [0, 0.1) is 19.7 Å². The van der Waals surface area contributed by atoms with Crippen molar-refractivity contribution in [1.29, 1.82) is 0 Å². The summed E-state index contributed by atoms with van der Waals surface area (Å²) in [6.45, 7) is 3.55. The summed E-state index contributed by atoms with van der Waals surface area (Å²) in [6.07, 6.45) is 1.59. The van der Waals surface area contributed by atoms with Gasteiger partial charge in [-0.05, 0) is 49.8 Å². The molecule has 1 aromatic heterocycles. The molecule has 1 fully saturated rings. The van der Waals surface area contributed by atoms with Gasteiger partial charge in [0.1, 0.15) is 5.82 Å². The minimum absolute atomic E-state index is 0.0841. The number of hydrogen-bond acceptors (Lipinski definition) is 4. The van der Waals surface area contributed by atoms with E-state index in [1.165, 1.54) is 23.1 Å². The van der Waals surface area contributed by atoms with Gasteiger partial charge in [-0.2, -0.15) is 0 Å². The molecule has 2 aliphatic heterocycles. The van der Waals surface area contributed by atoms with Gasteiger partial charge in [0.25, 0.3) is 5.91 Å². The Kier molecular flexibility index (Phi) is 5.75. The highest BCUT2D eigenvalue weighted by Crippen LogP contribution is 2.36. The van der Waals surface area contributed by atoms with E-state index in [2.05, 4.69) is 15.6 Å². The molecular weight excluding hydrogens is 481 g/mol. The predicted octanol–water partition coefficient (Wildman–Crippen LogP) is 4.44. The SMILES string of the molecule is Cc1[nH]c(C=C2C(=O)Nc3cc(NC(=O)N4CCN(c5ccccc5F)C4=O)ccc32)c(C)c1C(=O)O. The number of para-hydroxylation sites is 1. The Morgan fingerprint density at radius 1 is 1.11 bits per heavy atom. The molecule has 5 rings (SSSR count). The maximum Gasteiger partial charge on any atom is 0.337 e. The molecule has 0 unspecified atom stereocenters. The molecule has 11 heteroatoms. The number of nitrogens with one attached hydrogen (secondary N) is 3. The maximum atomic E-state index is 14.1. The highest BCUT2D eigenvalue weighted by Gasteiger charge is 2.35. The van der Waals surface area contributed by atoms with Crippen LogP contribution in [0.3, 0.4) is 0 Å². The lowest BCUT2D eigenvalue weighted by Gasteiger charge is -2.18. The number of hydrogen-bond donors (Lipinski definition) is 4. The molecule has 0 atom stereocenters. The molecule has 188 valence electrons. The summed E-state index contributed by atoms with van der Waals surface area (Å²) in [5.41, 5.74) is 3.49. The van der Waals surface area contributed by atoms with Gasteiger partial charge in [0.15, 0.2) is 0 Å². The Labute approximate surface area is 210 Å². The smallest absolute Gasteiger partial charge is 0.337 e. The lowest BCUT2D eigenvalue weighted by molar-refractivity contribution is -0.110. The number of carbonyl (C=O) groups is 4. The predicted molar refractivity (Wildman–Crippen MR) is 135 cm³/mol. The molecular formula is C26H22FN5O5. The fraction of sp³-hybridized carbons (Fsp3) is 0.154. The first-order chi connectivity index (χ1) is 17.7. The Hall–Kier alpha value is -4.93. The van der Waals surface area contributed by atoms with E-state index in [1.807, 2.05) is 0 Å². The number of H-pyrrole nitrogens is 1. The van der Waals surface area contributed by atoms with Crippen molar-refractivity contribution in [2.24, 2.45) is 0 Å². The van der Waals surface area contributed by atoms with Crippen LogP contribution in [-0.4, -0.2) is 52.0 Å². The van der Waals surface area contributed by atoms with Gasteiger partial charge in [0, 0.05) is 29.2 Å². The van der Waals surface area contributed by atoms with Crippen LogP contribution in [0.1, 0.15) is 32.9 Å². The number of carboxylic acid groups (broad SMARTS) is 1. The van der Waals surface area contributed by atoms with Crippen molar-refractivity contribution in [2.45, 2.75) is 13.8 Å². The monoisotopic (exact) mass is 503 g/mol. The number of imide groups is 1. The van der Waals surface area contributed by atoms with Crippen molar-refractivity contribution >= 4 is 52.6 Å². The molecule has 37 heavy (non-hydrogen) atoms. The molecule has 2 aromatic carbocycles. The molecule has 5 amide bonds. The van der Waals surface area contributed by atoms with E-state index < -0.39 is 23.8 Å². The topological polar surface area (TPSA) is 135 Å². The van der Waals surface area contributed by atoms with Crippen LogP contribution in [0.4, 0.5) is 31.0 Å². The van der Waals surface area contributed by atoms with Crippen LogP contribution < -0.4 is 15.5 Å². The fourth-order valence-corrected chi connectivity index (χ4v) is 4.61. The third-order valence-electron chi connectivity index (χ3n) is 6.43. The van der Waals surface area contributed by atoms with E-state index in [4.69, 9.17) is 0 Å². The van der Waals surface area contributed by atoms with Gasteiger partial charge in [0.05, 0.1) is 29.1 Å². The van der Waals surface area contributed by atoms with Crippen molar-refractivity contribution in [3.05, 3.63) is 76.4 Å². The first-order valence-electron chi connectivity index (χ1n) is 11.4. The third-order valence-corrected chi connectivity index (χ3v) is 6.43. The van der Waals surface area contributed by atoms with Crippen molar-refractivity contribution in [3.63, 3.8) is 0 Å². The Morgan fingerprint density at radius 3 is 2.57 bits per heavy atom. The molecule has 3 heterocycles. The number of anilines is 3. The first-order valence-corrected chi connectivity index (χ1v) is 11.4. The molecule has 2 aliphatic rings. The van der Waals surface area contributed by atoms with Gasteiger partial charge in [-0.1, -0.05) is 18.2 Å². The molecule has 0 saturated carbocycles. The first kappa shape index (κ1) is 23.8. The molecule has 0 bridgehead atoms. The lowest BCUT2D eigenvalue weighted by atomic mass is 10.0. The number of benzene rings is 2. The lowest BCUT2D eigenvalue weighted by Crippen LogP contribution is -2.39. The Balaban J connectivity index is 1.35. The summed E-state index contributed by atoms with van der Waals surface area (Å²) in [7, 11) is 0. The van der Waals surface area contributed by atoms with Crippen LogP contribution in [-0.2, 0) is 4.79 Å². The number of aryl methyl sites for hydroxylation is 1. The van der Waals surface area contributed by atoms with Crippen molar-refractivity contribution in [2.75, 3.05) is 28.6 Å². The van der Waals surface area contributed by atoms with Crippen LogP contribution >= 0.6 is 0 Å². The number of aromatic amines is 1. The summed E-state index contributed by atoms with van der Waals surface area (Å²) in [4.78, 5) is 54.9. The number of nitrogens with zero attached hydrogens (tertiary/aromatic N) is 2. The number of carbonyl (C=O) groups excluding carboxylic acids is 3. The second-order valence-corrected chi connectivity index (χ2v) is 8.71. The van der Waals surface area contributed by atoms with Gasteiger partial charge in [-0.25, -0.2) is 23.7 Å². The molecule has 10 nitrogen and oxygen atoms in total. The molecule has 0 radical (unpaired) electrons. The van der Waals surface area contributed by atoms with Crippen LogP contribution in [0.15, 0.2) is 42.5 Å². The average Bonchev–Trinajstić information content (AvgIpc) is 3.46. The number of urea groups is 2. The zero-order chi connectivity index (χ0) is 26.4. The summed E-state index contributed by atoms with van der Waals surface area (Å²) in [5.74, 6) is -1.99. The molecule has 3 aromatic rings. The summed E-state index contributed by atoms with van der Waals surface area (Å²) in [5, 5.41) is 14.8. The van der Waals surface area contributed by atoms with E-state index in [0.717, 1.165) is 4.90 Å². The summed E-state index contributed by atoms with van der Waals surface area (Å²) < 4.78 is 14.1. The number of aromatic nitrogens is 1. The van der Waals surface area contributed by atoms with E-state index >= 15 is 0 Å². The van der Waals surface area contributed by atoms with Gasteiger partial charge in [-0.15, -0.1) is 0 Å². The molecule has 4 N–H and O–H groups in total. The van der Waals surface area contributed by atoms with Crippen molar-refractivity contribution in [3.8, 4) is 0 Å². The molecule has 0 spiro atoms. The second-order valence-electron chi connectivity index (χ2n) is 8.71. The normalized spacial score (nSPS) is 15.8. The molecule has 0 aliphatic carbocycles. The maximum absolute atomic E-state index is 14.1. The zero-order valence-electron chi connectivity index (χ0n) is 19.9. The van der Waals surface area contributed by atoms with Crippen molar-refractivity contribution in [1.82, 2.24) is 9.88 Å². The number of aromatic carboxylic acids is 1. The number of rotatable bonds is 4. The molecule has 1 saturated heterocycles. The van der Waals surface area contributed by atoms with Crippen LogP contribution in [0.25, 0.3) is 11.6 Å². The van der Waals surface area contributed by atoms with E-state index in [1.54, 1.807) is 44.2 Å². The van der Waals surface area contributed by atoms with Crippen molar-refractivity contribution < 1.29 is 28.7 Å². The van der Waals surface area contributed by atoms with Gasteiger partial charge >= 0.3 is 18.0 Å². The zero-order valence-corrected chi connectivity index (χ0v) is 19.9. The minimum atomic E-state index is -1.05. The number of halogens is 1. The minimum Gasteiger partial charge on any atom is -0.478 e. The average molecular weight is 503 g/mol. The highest BCUT2D eigenvalue weighted by molar-refractivity contribution is 6.35. The summed E-state index contributed by atoms with van der Waals surface area (Å²) >= 11 is 0. The fourth-order valence-electron chi connectivity index (χ4n) is 4.61.